The summed E-state index contributed by atoms with van der Waals surface area (Å²) in [6.45, 7) is 8.99. The maximum Gasteiger partial charge on any atom is 0.0652 e. The summed E-state index contributed by atoms with van der Waals surface area (Å²) >= 11 is 1.90. The summed E-state index contributed by atoms with van der Waals surface area (Å²) in [5.74, 6) is 0. The lowest BCUT2D eigenvalue weighted by Gasteiger charge is -2.38. The van der Waals surface area contributed by atoms with Crippen molar-refractivity contribution in [2.24, 2.45) is 5.41 Å². The van der Waals surface area contributed by atoms with Crippen LogP contribution < -0.4 is 0 Å². The van der Waals surface area contributed by atoms with Gasteiger partial charge in [0.05, 0.1) is 11.7 Å². The molecule has 3 fully saturated rings. The van der Waals surface area contributed by atoms with Crippen molar-refractivity contribution in [1.29, 1.82) is 0 Å². The van der Waals surface area contributed by atoms with Crippen LogP contribution in [0.2, 0.25) is 0 Å². The fraction of sp³-hybridized carbons (Fsp3) is 0.640. The zero-order valence-corrected chi connectivity index (χ0v) is 18.9. The third kappa shape index (κ3) is 3.68. The fourth-order valence-corrected chi connectivity index (χ4v) is 6.49. The van der Waals surface area contributed by atoms with Gasteiger partial charge < -0.3 is 4.74 Å². The van der Waals surface area contributed by atoms with Gasteiger partial charge >= 0.3 is 0 Å². The maximum absolute atomic E-state index is 6.67. The minimum absolute atomic E-state index is 0.0339. The third-order valence-corrected chi connectivity index (χ3v) is 8.70. The molecule has 0 amide bonds. The monoisotopic (exact) mass is 410 g/mol. The van der Waals surface area contributed by atoms with E-state index in [1.807, 2.05) is 11.3 Å². The molecule has 0 aromatic carbocycles. The molecule has 2 aromatic heterocycles. The van der Waals surface area contributed by atoms with Gasteiger partial charge in [0, 0.05) is 34.3 Å². The first-order chi connectivity index (χ1) is 13.9. The lowest BCUT2D eigenvalue weighted by molar-refractivity contribution is -0.0777. The first kappa shape index (κ1) is 19.7. The Balaban J connectivity index is 1.38. The first-order valence-electron chi connectivity index (χ1n) is 11.3. The lowest BCUT2D eigenvalue weighted by atomic mass is 9.75. The minimum atomic E-state index is 0.0339. The van der Waals surface area contributed by atoms with Crippen LogP contribution in [-0.4, -0.2) is 34.7 Å². The van der Waals surface area contributed by atoms with Crippen LogP contribution in [0, 0.1) is 12.3 Å². The van der Waals surface area contributed by atoms with Crippen LogP contribution in [0.5, 0.6) is 0 Å². The highest BCUT2D eigenvalue weighted by atomic mass is 32.1. The zero-order valence-electron chi connectivity index (χ0n) is 18.1. The predicted molar refractivity (Wildman–Crippen MR) is 119 cm³/mol. The quantitative estimate of drug-likeness (QED) is 0.609. The van der Waals surface area contributed by atoms with E-state index in [9.17, 15) is 0 Å². The molecular weight excluding hydrogens is 376 g/mol. The van der Waals surface area contributed by atoms with E-state index in [0.29, 0.717) is 6.10 Å². The van der Waals surface area contributed by atoms with E-state index in [4.69, 9.17) is 4.74 Å². The highest BCUT2D eigenvalue weighted by molar-refractivity contribution is 7.09. The van der Waals surface area contributed by atoms with Crippen molar-refractivity contribution in [3.63, 3.8) is 0 Å². The van der Waals surface area contributed by atoms with Gasteiger partial charge in [-0.3, -0.25) is 9.88 Å². The smallest absolute Gasteiger partial charge is 0.0652 e. The van der Waals surface area contributed by atoms with Crippen LogP contribution in [0.25, 0.3) is 0 Å². The average Bonchev–Trinajstić information content (AvgIpc) is 3.05. The molecule has 2 saturated heterocycles. The molecule has 2 aliphatic heterocycles. The summed E-state index contributed by atoms with van der Waals surface area (Å²) in [7, 11) is 0. The Morgan fingerprint density at radius 2 is 2.03 bits per heavy atom. The Morgan fingerprint density at radius 1 is 1.17 bits per heavy atom. The number of rotatable bonds is 6. The molecule has 5 rings (SSSR count). The molecule has 156 valence electrons. The molecule has 0 spiro atoms. The summed E-state index contributed by atoms with van der Waals surface area (Å²) in [5, 5.41) is 2.21. The standard InChI is InChI=1S/C25H34N2OS/c1-19-6-7-20(17-26-19)25(12-13-25)27-15-14-24(18-27,11-8-21-5-4-16-29-21)22-9-10-23(2,3)28-22/h4-7,16-17,22H,8-15,18H2,1-3H3. The fourth-order valence-electron chi connectivity index (χ4n) is 5.78. The maximum atomic E-state index is 6.67. The first-order valence-corrected chi connectivity index (χ1v) is 12.2. The van der Waals surface area contributed by atoms with E-state index in [2.05, 4.69) is 66.5 Å². The normalized spacial score (nSPS) is 30.7. The predicted octanol–water partition coefficient (Wildman–Crippen LogP) is 5.72. The number of pyridine rings is 1. The van der Waals surface area contributed by atoms with Crippen molar-refractivity contribution >= 4 is 11.3 Å². The average molecular weight is 411 g/mol. The zero-order chi connectivity index (χ0) is 20.1. The molecule has 2 unspecified atom stereocenters. The van der Waals surface area contributed by atoms with Gasteiger partial charge in [-0.15, -0.1) is 11.3 Å². The van der Waals surface area contributed by atoms with Crippen molar-refractivity contribution in [3.8, 4) is 0 Å². The highest BCUT2D eigenvalue weighted by Crippen LogP contribution is 2.56. The molecule has 2 aromatic rings. The SMILES string of the molecule is Cc1ccc(C2(N3CCC(CCc4cccs4)(C4CCC(C)(C)O4)C3)CC2)cn1. The molecule has 0 bridgehead atoms. The molecule has 1 aliphatic carbocycles. The van der Waals surface area contributed by atoms with Gasteiger partial charge in [-0.1, -0.05) is 12.1 Å². The molecular formula is C25H34N2OS. The van der Waals surface area contributed by atoms with Gasteiger partial charge in [-0.05, 0) is 95.3 Å². The Labute approximate surface area is 179 Å². The Bertz CT molecular complexity index is 840. The minimum Gasteiger partial charge on any atom is -0.372 e. The number of thiophene rings is 1. The van der Waals surface area contributed by atoms with Crippen molar-refractivity contribution < 1.29 is 4.74 Å². The molecule has 4 heteroatoms. The van der Waals surface area contributed by atoms with E-state index < -0.39 is 0 Å². The van der Waals surface area contributed by atoms with Crippen LogP contribution in [-0.2, 0) is 16.7 Å². The van der Waals surface area contributed by atoms with E-state index in [1.165, 1.54) is 68.5 Å². The van der Waals surface area contributed by atoms with Crippen LogP contribution in [0.15, 0.2) is 35.8 Å². The van der Waals surface area contributed by atoms with E-state index in [-0.39, 0.29) is 16.6 Å². The van der Waals surface area contributed by atoms with Crippen LogP contribution in [0.3, 0.4) is 0 Å². The summed E-state index contributed by atoms with van der Waals surface area (Å²) in [4.78, 5) is 8.92. The van der Waals surface area contributed by atoms with Crippen LogP contribution in [0.4, 0.5) is 0 Å². The second-order valence-corrected chi connectivity index (χ2v) is 11.3. The van der Waals surface area contributed by atoms with Gasteiger partial charge in [0.2, 0.25) is 0 Å². The van der Waals surface area contributed by atoms with E-state index >= 15 is 0 Å². The number of aryl methyl sites for hydroxylation is 2. The lowest BCUT2D eigenvalue weighted by Crippen LogP contribution is -2.42. The molecule has 0 N–H and O–H groups in total. The topological polar surface area (TPSA) is 25.4 Å². The van der Waals surface area contributed by atoms with Gasteiger partial charge in [0.25, 0.3) is 0 Å². The number of hydrogen-bond acceptors (Lipinski definition) is 4. The van der Waals surface area contributed by atoms with Crippen LogP contribution >= 0.6 is 11.3 Å². The number of hydrogen-bond donors (Lipinski definition) is 0. The second kappa shape index (κ2) is 7.18. The molecule has 3 aliphatic rings. The molecule has 4 heterocycles. The van der Waals surface area contributed by atoms with Gasteiger partial charge in [-0.2, -0.15) is 0 Å². The molecule has 29 heavy (non-hydrogen) atoms. The number of likely N-dealkylation sites (tertiary alicyclic amines) is 1. The van der Waals surface area contributed by atoms with Crippen LogP contribution in [0.1, 0.15) is 68.5 Å². The third-order valence-electron chi connectivity index (χ3n) is 7.77. The van der Waals surface area contributed by atoms with Crippen molar-refractivity contribution in [1.82, 2.24) is 9.88 Å². The van der Waals surface area contributed by atoms with E-state index in [0.717, 1.165) is 5.69 Å². The number of ether oxygens (including phenoxy) is 1. The summed E-state index contributed by atoms with van der Waals surface area (Å²) in [6.07, 6.45) is 11.2. The molecule has 3 nitrogen and oxygen atoms in total. The largest absolute Gasteiger partial charge is 0.372 e. The Kier molecular flexibility index (Phi) is 4.88. The number of nitrogens with zero attached hydrogens (tertiary/aromatic N) is 2. The van der Waals surface area contributed by atoms with Gasteiger partial charge in [-0.25, -0.2) is 0 Å². The highest BCUT2D eigenvalue weighted by Gasteiger charge is 2.57. The van der Waals surface area contributed by atoms with Crippen molar-refractivity contribution in [2.75, 3.05) is 13.1 Å². The Hall–Kier alpha value is -1.23. The molecule has 1 saturated carbocycles. The Morgan fingerprint density at radius 3 is 2.66 bits per heavy atom. The van der Waals surface area contributed by atoms with E-state index in [1.54, 1.807) is 0 Å². The van der Waals surface area contributed by atoms with Crippen molar-refractivity contribution in [2.45, 2.75) is 83.0 Å². The summed E-state index contributed by atoms with van der Waals surface area (Å²) < 4.78 is 6.67. The van der Waals surface area contributed by atoms with Crippen molar-refractivity contribution in [3.05, 3.63) is 52.0 Å². The summed E-state index contributed by atoms with van der Waals surface area (Å²) in [6, 6.07) is 8.98. The molecule has 0 radical (unpaired) electrons. The second-order valence-electron chi connectivity index (χ2n) is 10.2. The molecule has 2 atom stereocenters. The van der Waals surface area contributed by atoms with Gasteiger partial charge in [0.1, 0.15) is 0 Å². The van der Waals surface area contributed by atoms with Gasteiger partial charge in [0.15, 0.2) is 0 Å². The summed E-state index contributed by atoms with van der Waals surface area (Å²) in [5.41, 5.74) is 3.08. The number of aromatic nitrogens is 1.